The second-order valence-corrected chi connectivity index (χ2v) is 3.33. The fourth-order valence-corrected chi connectivity index (χ4v) is 1.59. The Bertz CT molecular complexity index is 511. The molecule has 0 radical (unpaired) electrons. The molecule has 4 heteroatoms. The van der Waals surface area contributed by atoms with Gasteiger partial charge in [0, 0.05) is 18.1 Å². The van der Waals surface area contributed by atoms with Gasteiger partial charge in [-0.1, -0.05) is 18.2 Å². The zero-order chi connectivity index (χ0) is 10.7. The molecule has 16 heavy (non-hydrogen) atoms. The Labute approximate surface area is 101 Å². The zero-order valence-corrected chi connectivity index (χ0v) is 9.74. The molecule has 2 rings (SSSR count). The van der Waals surface area contributed by atoms with Gasteiger partial charge >= 0.3 is 0 Å². The van der Waals surface area contributed by atoms with Crippen molar-refractivity contribution in [1.29, 1.82) is 5.26 Å². The predicted molar refractivity (Wildman–Crippen MR) is 64.9 cm³/mol. The molecule has 0 fully saturated rings. The first kappa shape index (κ1) is 12.3. The molecule has 1 aromatic carbocycles. The van der Waals surface area contributed by atoms with Gasteiger partial charge < -0.3 is 4.57 Å². The number of hydrogen-bond donors (Lipinski definition) is 0. The maximum Gasteiger partial charge on any atom is 0.127 e. The molecular weight excluding hydrogens is 222 g/mol. The summed E-state index contributed by atoms with van der Waals surface area (Å²) >= 11 is 0. The quantitative estimate of drug-likeness (QED) is 0.800. The molecule has 0 N–H and O–H groups in total. The van der Waals surface area contributed by atoms with Crippen molar-refractivity contribution in [3.63, 3.8) is 0 Å². The highest BCUT2D eigenvalue weighted by Crippen LogP contribution is 2.15. The molecule has 0 spiro atoms. The van der Waals surface area contributed by atoms with Crippen LogP contribution in [-0.4, -0.2) is 9.55 Å². The van der Waals surface area contributed by atoms with Crippen LogP contribution >= 0.6 is 12.4 Å². The number of imidazole rings is 1. The largest absolute Gasteiger partial charge is 0.303 e. The highest BCUT2D eigenvalue weighted by molar-refractivity contribution is 5.85. The molecule has 1 aromatic heterocycles. The molecule has 3 nitrogen and oxygen atoms in total. The molecule has 0 unspecified atom stereocenters. The van der Waals surface area contributed by atoms with Crippen LogP contribution < -0.4 is 0 Å². The summed E-state index contributed by atoms with van der Waals surface area (Å²) in [5, 5.41) is 8.68. The fourth-order valence-electron chi connectivity index (χ4n) is 1.59. The van der Waals surface area contributed by atoms with E-state index in [0.29, 0.717) is 6.42 Å². The topological polar surface area (TPSA) is 41.6 Å². The van der Waals surface area contributed by atoms with Crippen molar-refractivity contribution < 1.29 is 0 Å². The summed E-state index contributed by atoms with van der Waals surface area (Å²) in [4.78, 5) is 4.16. The van der Waals surface area contributed by atoms with Gasteiger partial charge in [0.2, 0.25) is 0 Å². The molecule has 0 bridgehead atoms. The number of para-hydroxylation sites is 1. The van der Waals surface area contributed by atoms with Crippen LogP contribution in [0.2, 0.25) is 0 Å². The number of nitrogens with zero attached hydrogens (tertiary/aromatic N) is 3. The number of rotatable bonds is 2. The number of aryl methyl sites for hydroxylation is 1. The minimum absolute atomic E-state index is 0. The molecule has 2 aromatic rings. The van der Waals surface area contributed by atoms with Crippen molar-refractivity contribution in [2.45, 2.75) is 13.3 Å². The summed E-state index contributed by atoms with van der Waals surface area (Å²) in [5.74, 6) is 0.784. The molecule has 0 aliphatic carbocycles. The van der Waals surface area contributed by atoms with Crippen LogP contribution in [0, 0.1) is 18.3 Å². The van der Waals surface area contributed by atoms with Gasteiger partial charge in [0.25, 0.3) is 0 Å². The van der Waals surface area contributed by atoms with E-state index in [9.17, 15) is 0 Å². The number of nitriles is 1. The molecule has 82 valence electrons. The minimum Gasteiger partial charge on any atom is -0.303 e. The van der Waals surface area contributed by atoms with Crippen molar-refractivity contribution in [3.05, 3.63) is 48.0 Å². The maximum atomic E-state index is 8.68. The van der Waals surface area contributed by atoms with E-state index >= 15 is 0 Å². The summed E-state index contributed by atoms with van der Waals surface area (Å²) in [6.45, 7) is 2.05. The summed E-state index contributed by atoms with van der Waals surface area (Å²) in [7, 11) is 0. The zero-order valence-electron chi connectivity index (χ0n) is 8.92. The SMILES string of the molecule is Cc1ccccc1-n1ccnc1CC#N.Cl. The lowest BCUT2D eigenvalue weighted by atomic mass is 10.2. The van der Waals surface area contributed by atoms with Gasteiger partial charge in [-0.05, 0) is 18.6 Å². The van der Waals surface area contributed by atoms with E-state index in [0.717, 1.165) is 11.5 Å². The van der Waals surface area contributed by atoms with E-state index in [2.05, 4.69) is 11.1 Å². The second-order valence-electron chi connectivity index (χ2n) is 3.33. The van der Waals surface area contributed by atoms with Crippen LogP contribution in [-0.2, 0) is 6.42 Å². The van der Waals surface area contributed by atoms with Crippen LogP contribution in [0.5, 0.6) is 0 Å². The van der Waals surface area contributed by atoms with E-state index in [1.54, 1.807) is 6.20 Å². The number of hydrogen-bond acceptors (Lipinski definition) is 2. The molecule has 0 saturated heterocycles. The van der Waals surface area contributed by atoms with Crippen LogP contribution in [0.1, 0.15) is 11.4 Å². The summed E-state index contributed by atoms with van der Waals surface area (Å²) < 4.78 is 1.96. The average molecular weight is 234 g/mol. The van der Waals surface area contributed by atoms with Crippen molar-refractivity contribution in [1.82, 2.24) is 9.55 Å². The monoisotopic (exact) mass is 233 g/mol. The number of halogens is 1. The van der Waals surface area contributed by atoms with E-state index < -0.39 is 0 Å². The molecule has 0 saturated carbocycles. The van der Waals surface area contributed by atoms with Crippen molar-refractivity contribution >= 4 is 12.4 Å². The maximum absolute atomic E-state index is 8.68. The molecule has 0 aliphatic heterocycles. The lowest BCUT2D eigenvalue weighted by molar-refractivity contribution is 0.926. The second kappa shape index (κ2) is 5.34. The van der Waals surface area contributed by atoms with E-state index in [4.69, 9.17) is 5.26 Å². The first-order valence-electron chi connectivity index (χ1n) is 4.78. The number of benzene rings is 1. The third-order valence-electron chi connectivity index (χ3n) is 2.33. The fraction of sp³-hybridized carbons (Fsp3) is 0.167. The third kappa shape index (κ3) is 2.23. The average Bonchev–Trinajstić information content (AvgIpc) is 2.67. The molecule has 0 atom stereocenters. The van der Waals surface area contributed by atoms with Gasteiger partial charge in [0.15, 0.2) is 0 Å². The van der Waals surface area contributed by atoms with Crippen molar-refractivity contribution in [2.24, 2.45) is 0 Å². The van der Waals surface area contributed by atoms with Gasteiger partial charge in [0.05, 0.1) is 12.5 Å². The molecule has 0 amide bonds. The van der Waals surface area contributed by atoms with Gasteiger partial charge in [-0.2, -0.15) is 5.26 Å². The third-order valence-corrected chi connectivity index (χ3v) is 2.33. The Morgan fingerprint density at radius 1 is 1.38 bits per heavy atom. The Kier molecular flexibility index (Phi) is 4.10. The van der Waals surface area contributed by atoms with Crippen molar-refractivity contribution in [2.75, 3.05) is 0 Å². The first-order valence-corrected chi connectivity index (χ1v) is 4.78. The smallest absolute Gasteiger partial charge is 0.127 e. The Hall–Kier alpha value is -1.79. The van der Waals surface area contributed by atoms with E-state index in [-0.39, 0.29) is 12.4 Å². The summed E-state index contributed by atoms with van der Waals surface area (Å²) in [6, 6.07) is 10.2. The molecular formula is C12H12ClN3. The lowest BCUT2D eigenvalue weighted by Gasteiger charge is -2.08. The molecule has 1 heterocycles. The Balaban J connectivity index is 0.00000128. The standard InChI is InChI=1S/C12H11N3.ClH/c1-10-4-2-3-5-11(10)15-9-8-14-12(15)6-7-13;/h2-5,8-9H,6H2,1H3;1H. The van der Waals surface area contributed by atoms with Crippen LogP contribution in [0.3, 0.4) is 0 Å². The summed E-state index contributed by atoms with van der Waals surface area (Å²) in [5.41, 5.74) is 2.26. The van der Waals surface area contributed by atoms with Crippen molar-refractivity contribution in [3.8, 4) is 11.8 Å². The van der Waals surface area contributed by atoms with Gasteiger partial charge in [-0.25, -0.2) is 4.98 Å². The van der Waals surface area contributed by atoms with Gasteiger partial charge in [-0.3, -0.25) is 0 Å². The lowest BCUT2D eigenvalue weighted by Crippen LogP contribution is -2.01. The van der Waals surface area contributed by atoms with E-state index in [1.807, 2.05) is 42.0 Å². The van der Waals surface area contributed by atoms with Gasteiger partial charge in [-0.15, -0.1) is 12.4 Å². The van der Waals surface area contributed by atoms with E-state index in [1.165, 1.54) is 5.56 Å². The first-order chi connectivity index (χ1) is 7.33. The Morgan fingerprint density at radius 3 is 2.81 bits per heavy atom. The Morgan fingerprint density at radius 2 is 2.12 bits per heavy atom. The molecule has 0 aliphatic rings. The van der Waals surface area contributed by atoms with Crippen LogP contribution in [0.4, 0.5) is 0 Å². The highest BCUT2D eigenvalue weighted by atomic mass is 35.5. The summed E-state index contributed by atoms with van der Waals surface area (Å²) in [6.07, 6.45) is 3.94. The predicted octanol–water partition coefficient (Wildman–Crippen LogP) is 2.67. The number of aromatic nitrogens is 2. The van der Waals surface area contributed by atoms with Crippen LogP contribution in [0.15, 0.2) is 36.7 Å². The minimum atomic E-state index is 0. The highest BCUT2D eigenvalue weighted by Gasteiger charge is 2.05. The normalized spacial score (nSPS) is 9.25. The van der Waals surface area contributed by atoms with Crippen LogP contribution in [0.25, 0.3) is 5.69 Å². The van der Waals surface area contributed by atoms with Gasteiger partial charge in [0.1, 0.15) is 5.82 Å².